The van der Waals surface area contributed by atoms with Gasteiger partial charge in [0.05, 0.1) is 25.1 Å². The van der Waals surface area contributed by atoms with Crippen molar-refractivity contribution in [3.63, 3.8) is 0 Å². The highest BCUT2D eigenvalue weighted by atomic mass is 16.5. The van der Waals surface area contributed by atoms with E-state index in [1.54, 1.807) is 18.3 Å². The van der Waals surface area contributed by atoms with Gasteiger partial charge >= 0.3 is 0 Å². The molecule has 0 atom stereocenters. The van der Waals surface area contributed by atoms with E-state index in [-0.39, 0.29) is 12.5 Å². The first-order chi connectivity index (χ1) is 12.7. The minimum atomic E-state index is -0.261. The summed E-state index contributed by atoms with van der Waals surface area (Å²) in [6.45, 7) is 2.34. The van der Waals surface area contributed by atoms with Gasteiger partial charge in [0.2, 0.25) is 0 Å². The highest BCUT2D eigenvalue weighted by Gasteiger charge is 2.12. The first kappa shape index (κ1) is 17.6. The summed E-state index contributed by atoms with van der Waals surface area (Å²) in [5.41, 5.74) is 3.46. The fraction of sp³-hybridized carbons (Fsp3) is 0.143. The Morgan fingerprint density at radius 1 is 1.15 bits per heavy atom. The van der Waals surface area contributed by atoms with Crippen LogP contribution in [0.4, 0.5) is 5.69 Å². The van der Waals surface area contributed by atoms with Crippen LogP contribution in [0.25, 0.3) is 11.1 Å². The first-order valence-corrected chi connectivity index (χ1v) is 8.40. The number of aromatic nitrogens is 1. The molecular formula is C21H20N2O3. The lowest BCUT2D eigenvalue weighted by atomic mass is 10.0. The number of hydrogen-bond donors (Lipinski definition) is 2. The molecule has 5 nitrogen and oxygen atoms in total. The lowest BCUT2D eigenvalue weighted by Crippen LogP contribution is -2.13. The Balaban J connectivity index is 1.89. The third kappa shape index (κ3) is 3.90. The molecule has 1 aromatic heterocycles. The Bertz CT molecular complexity index is 909. The van der Waals surface area contributed by atoms with Gasteiger partial charge in [0.25, 0.3) is 5.91 Å². The molecule has 0 radical (unpaired) electrons. The van der Waals surface area contributed by atoms with Crippen LogP contribution >= 0.6 is 0 Å². The van der Waals surface area contributed by atoms with E-state index in [0.29, 0.717) is 23.4 Å². The fourth-order valence-corrected chi connectivity index (χ4v) is 2.68. The number of hydrogen-bond acceptors (Lipinski definition) is 4. The molecule has 132 valence electrons. The summed E-state index contributed by atoms with van der Waals surface area (Å²) in [6.07, 6.45) is 3.10. The molecule has 0 aliphatic rings. The molecule has 3 rings (SSSR count). The van der Waals surface area contributed by atoms with Crippen molar-refractivity contribution in [3.05, 3.63) is 78.1 Å². The van der Waals surface area contributed by atoms with E-state index in [1.165, 1.54) is 6.20 Å². The Morgan fingerprint density at radius 3 is 2.81 bits per heavy atom. The maximum Gasteiger partial charge on any atom is 0.255 e. The predicted octanol–water partition coefficient (Wildman–Crippen LogP) is 3.89. The largest absolute Gasteiger partial charge is 0.493 e. The molecule has 0 bridgehead atoms. The zero-order chi connectivity index (χ0) is 18.4. The molecule has 0 saturated heterocycles. The van der Waals surface area contributed by atoms with Crippen molar-refractivity contribution >= 4 is 11.6 Å². The van der Waals surface area contributed by atoms with Crippen molar-refractivity contribution in [2.45, 2.75) is 13.5 Å². The molecule has 0 unspecified atom stereocenters. The van der Waals surface area contributed by atoms with Crippen LogP contribution in [-0.2, 0) is 6.61 Å². The van der Waals surface area contributed by atoms with E-state index in [9.17, 15) is 9.90 Å². The molecule has 5 heteroatoms. The van der Waals surface area contributed by atoms with Crippen molar-refractivity contribution in [1.29, 1.82) is 0 Å². The first-order valence-electron chi connectivity index (χ1n) is 8.40. The van der Waals surface area contributed by atoms with Crippen molar-refractivity contribution in [2.75, 3.05) is 11.9 Å². The lowest BCUT2D eigenvalue weighted by molar-refractivity contribution is 0.102. The summed E-state index contributed by atoms with van der Waals surface area (Å²) < 4.78 is 5.68. The van der Waals surface area contributed by atoms with Gasteiger partial charge in [-0.15, -0.1) is 0 Å². The van der Waals surface area contributed by atoms with Gasteiger partial charge in [0.1, 0.15) is 5.75 Å². The van der Waals surface area contributed by atoms with Crippen molar-refractivity contribution in [1.82, 2.24) is 4.98 Å². The Morgan fingerprint density at radius 2 is 2.00 bits per heavy atom. The van der Waals surface area contributed by atoms with E-state index in [4.69, 9.17) is 4.74 Å². The van der Waals surface area contributed by atoms with Crippen molar-refractivity contribution in [2.24, 2.45) is 0 Å². The van der Waals surface area contributed by atoms with Crippen molar-refractivity contribution < 1.29 is 14.6 Å². The molecule has 1 heterocycles. The van der Waals surface area contributed by atoms with Crippen LogP contribution < -0.4 is 10.1 Å². The monoisotopic (exact) mass is 348 g/mol. The number of aliphatic hydroxyl groups is 1. The second-order valence-electron chi connectivity index (χ2n) is 5.66. The summed E-state index contributed by atoms with van der Waals surface area (Å²) >= 11 is 0. The van der Waals surface area contributed by atoms with Gasteiger partial charge in [-0.1, -0.05) is 30.3 Å². The maximum atomic E-state index is 12.6. The van der Waals surface area contributed by atoms with Gasteiger partial charge in [-0.2, -0.15) is 0 Å². The van der Waals surface area contributed by atoms with Gasteiger partial charge in [0, 0.05) is 22.9 Å². The number of para-hydroxylation sites is 1. The van der Waals surface area contributed by atoms with Gasteiger partial charge < -0.3 is 15.2 Å². The number of carbonyl (C=O) groups excluding carboxylic acids is 1. The Labute approximate surface area is 152 Å². The molecule has 0 aliphatic heterocycles. The summed E-state index contributed by atoms with van der Waals surface area (Å²) in [4.78, 5) is 16.6. The zero-order valence-electron chi connectivity index (χ0n) is 14.5. The highest BCUT2D eigenvalue weighted by molar-refractivity contribution is 6.05. The smallest absolute Gasteiger partial charge is 0.255 e. The molecule has 0 aliphatic carbocycles. The Hall–Kier alpha value is -3.18. The number of amides is 1. The quantitative estimate of drug-likeness (QED) is 0.709. The maximum absolute atomic E-state index is 12.6. The van der Waals surface area contributed by atoms with Crippen LogP contribution in [0.5, 0.6) is 5.75 Å². The Kier molecular flexibility index (Phi) is 5.61. The van der Waals surface area contributed by atoms with E-state index < -0.39 is 0 Å². The molecule has 2 N–H and O–H groups in total. The zero-order valence-corrected chi connectivity index (χ0v) is 14.5. The average molecular weight is 348 g/mol. The molecule has 0 spiro atoms. The number of carbonyl (C=O) groups is 1. The minimum Gasteiger partial charge on any atom is -0.493 e. The number of aliphatic hydroxyl groups excluding tert-OH is 1. The molecule has 1 amide bonds. The van der Waals surface area contributed by atoms with Crippen LogP contribution in [0.15, 0.2) is 67.0 Å². The SMILES string of the molecule is CCOc1ccccc1-c1cccc(C(=O)Nc2cnccc2CO)c1. The molecule has 0 saturated carbocycles. The number of ether oxygens (including phenoxy) is 1. The number of anilines is 1. The summed E-state index contributed by atoms with van der Waals surface area (Å²) in [6, 6.07) is 16.8. The lowest BCUT2D eigenvalue weighted by Gasteiger charge is -2.12. The molecule has 26 heavy (non-hydrogen) atoms. The van der Waals surface area contributed by atoms with E-state index in [0.717, 1.165) is 16.9 Å². The summed E-state index contributed by atoms with van der Waals surface area (Å²) in [5.74, 6) is 0.519. The minimum absolute atomic E-state index is 0.167. The summed E-state index contributed by atoms with van der Waals surface area (Å²) in [7, 11) is 0. The van der Waals surface area contributed by atoms with Gasteiger partial charge in [0.15, 0.2) is 0 Å². The van der Waals surface area contributed by atoms with Crippen LogP contribution in [0.3, 0.4) is 0 Å². The molecular weight excluding hydrogens is 328 g/mol. The normalized spacial score (nSPS) is 10.4. The second kappa shape index (κ2) is 8.27. The van der Waals surface area contributed by atoms with Crippen LogP contribution in [-0.4, -0.2) is 22.6 Å². The van der Waals surface area contributed by atoms with Crippen molar-refractivity contribution in [3.8, 4) is 16.9 Å². The van der Waals surface area contributed by atoms with E-state index in [1.807, 2.05) is 49.4 Å². The van der Waals surface area contributed by atoms with Gasteiger partial charge in [-0.3, -0.25) is 9.78 Å². The number of nitrogens with zero attached hydrogens (tertiary/aromatic N) is 1. The highest BCUT2D eigenvalue weighted by Crippen LogP contribution is 2.30. The summed E-state index contributed by atoms with van der Waals surface area (Å²) in [5, 5.41) is 12.2. The number of rotatable bonds is 6. The molecule has 0 fully saturated rings. The van der Waals surface area contributed by atoms with Crippen LogP contribution in [0.2, 0.25) is 0 Å². The van der Waals surface area contributed by atoms with E-state index >= 15 is 0 Å². The average Bonchev–Trinajstić information content (AvgIpc) is 2.69. The fourth-order valence-electron chi connectivity index (χ4n) is 2.68. The van der Waals surface area contributed by atoms with Crippen LogP contribution in [0, 0.1) is 0 Å². The van der Waals surface area contributed by atoms with Gasteiger partial charge in [-0.05, 0) is 36.8 Å². The number of pyridine rings is 1. The van der Waals surface area contributed by atoms with Gasteiger partial charge in [-0.25, -0.2) is 0 Å². The second-order valence-corrected chi connectivity index (χ2v) is 5.66. The molecule has 3 aromatic rings. The van der Waals surface area contributed by atoms with Crippen LogP contribution in [0.1, 0.15) is 22.8 Å². The third-order valence-electron chi connectivity index (χ3n) is 3.95. The predicted molar refractivity (Wildman–Crippen MR) is 101 cm³/mol. The topological polar surface area (TPSA) is 71.5 Å². The standard InChI is InChI=1S/C21H20N2O3/c1-2-26-20-9-4-3-8-18(20)15-6-5-7-16(12-15)21(25)23-19-13-22-11-10-17(19)14-24/h3-13,24H,2,14H2,1H3,(H,23,25). The number of nitrogens with one attached hydrogen (secondary N) is 1. The van der Waals surface area contributed by atoms with E-state index in [2.05, 4.69) is 10.3 Å². The third-order valence-corrected chi connectivity index (χ3v) is 3.95. The number of benzene rings is 2. The molecule has 2 aromatic carbocycles.